The van der Waals surface area contributed by atoms with Crippen molar-refractivity contribution in [3.63, 3.8) is 0 Å². The minimum atomic E-state index is -1.45. The normalized spacial score (nSPS) is 11.0. The summed E-state index contributed by atoms with van der Waals surface area (Å²) in [6, 6.07) is 15.8. The van der Waals surface area contributed by atoms with Gasteiger partial charge in [0.1, 0.15) is 5.75 Å². The number of ether oxygens (including phenoxy) is 4. The number of methoxy groups -OCH3 is 4. The van der Waals surface area contributed by atoms with Gasteiger partial charge in [-0.1, -0.05) is 42.5 Å². The Morgan fingerprint density at radius 2 is 1.39 bits per heavy atom. The van der Waals surface area contributed by atoms with E-state index in [4.69, 9.17) is 18.9 Å². The maximum absolute atomic E-state index is 12.7. The molecule has 1 unspecified atom stereocenters. The Morgan fingerprint density at radius 1 is 0.806 bits per heavy atom. The number of hydrogen-bond acceptors (Lipinski definition) is 7. The summed E-state index contributed by atoms with van der Waals surface area (Å²) in [7, 11) is 5.04. The second kappa shape index (κ2) is 11.4. The monoisotopic (exact) mass is 424 g/mol. The molecule has 7 heteroatoms. The first-order valence-electron chi connectivity index (χ1n) is 9.36. The molecule has 7 nitrogen and oxygen atoms in total. The van der Waals surface area contributed by atoms with E-state index in [0.717, 1.165) is 19.8 Å². The van der Waals surface area contributed by atoms with Gasteiger partial charge in [0.2, 0.25) is 0 Å². The van der Waals surface area contributed by atoms with E-state index in [1.165, 1.54) is 14.2 Å². The van der Waals surface area contributed by atoms with E-state index in [1.807, 2.05) is 30.3 Å². The molecule has 0 aliphatic rings. The van der Waals surface area contributed by atoms with Crippen LogP contribution in [0.25, 0.3) is 6.08 Å². The molecule has 1 atom stereocenters. The SMILES string of the molecule is COC(=O)C(=C=Cc1ccccc1)C(c1ccc(OC)cc1)C(C(=O)OC)C(=O)OC. The van der Waals surface area contributed by atoms with Crippen molar-refractivity contribution in [2.24, 2.45) is 5.92 Å². The molecule has 0 saturated carbocycles. The van der Waals surface area contributed by atoms with Crippen LogP contribution >= 0.6 is 0 Å². The number of esters is 3. The molecular formula is C24H24O7. The van der Waals surface area contributed by atoms with Gasteiger partial charge in [0, 0.05) is 5.92 Å². The molecule has 31 heavy (non-hydrogen) atoms. The zero-order valence-electron chi connectivity index (χ0n) is 17.8. The lowest BCUT2D eigenvalue weighted by Gasteiger charge is -2.24. The summed E-state index contributed by atoms with van der Waals surface area (Å²) in [4.78, 5) is 37.9. The first-order valence-corrected chi connectivity index (χ1v) is 9.36. The Labute approximate surface area is 180 Å². The van der Waals surface area contributed by atoms with Crippen molar-refractivity contribution in [3.05, 3.63) is 77.0 Å². The quantitative estimate of drug-likeness (QED) is 0.211. The molecule has 0 fully saturated rings. The highest BCUT2D eigenvalue weighted by Crippen LogP contribution is 2.35. The Balaban J connectivity index is 2.76. The van der Waals surface area contributed by atoms with Gasteiger partial charge in [0.05, 0.1) is 34.0 Å². The third-order valence-corrected chi connectivity index (χ3v) is 4.63. The fourth-order valence-electron chi connectivity index (χ4n) is 3.06. The summed E-state index contributed by atoms with van der Waals surface area (Å²) in [6.45, 7) is 0. The molecule has 0 saturated heterocycles. The summed E-state index contributed by atoms with van der Waals surface area (Å²) >= 11 is 0. The van der Waals surface area contributed by atoms with Gasteiger partial charge in [0.15, 0.2) is 5.92 Å². The van der Waals surface area contributed by atoms with Gasteiger partial charge < -0.3 is 18.9 Å². The third-order valence-electron chi connectivity index (χ3n) is 4.63. The number of rotatable bonds is 8. The highest BCUT2D eigenvalue weighted by atomic mass is 16.5. The van der Waals surface area contributed by atoms with Crippen LogP contribution in [-0.2, 0) is 28.6 Å². The molecule has 0 radical (unpaired) electrons. The van der Waals surface area contributed by atoms with Gasteiger partial charge in [-0.05, 0) is 29.3 Å². The number of hydrogen-bond donors (Lipinski definition) is 0. The molecule has 2 aromatic carbocycles. The summed E-state index contributed by atoms with van der Waals surface area (Å²) in [5, 5.41) is 0. The van der Waals surface area contributed by atoms with E-state index in [2.05, 4.69) is 5.73 Å². The molecule has 2 aromatic rings. The van der Waals surface area contributed by atoms with Crippen LogP contribution in [0.5, 0.6) is 5.75 Å². The van der Waals surface area contributed by atoms with Gasteiger partial charge in [-0.3, -0.25) is 9.59 Å². The maximum Gasteiger partial charge on any atom is 0.342 e. The molecule has 0 aliphatic carbocycles. The van der Waals surface area contributed by atoms with Gasteiger partial charge >= 0.3 is 17.9 Å². The average Bonchev–Trinajstić information content (AvgIpc) is 2.83. The van der Waals surface area contributed by atoms with Gasteiger partial charge in [-0.25, -0.2) is 4.79 Å². The van der Waals surface area contributed by atoms with E-state index in [9.17, 15) is 14.4 Å². The van der Waals surface area contributed by atoms with Crippen molar-refractivity contribution in [2.75, 3.05) is 28.4 Å². The lowest BCUT2D eigenvalue weighted by atomic mass is 9.80. The van der Waals surface area contributed by atoms with Gasteiger partial charge in [-0.2, -0.15) is 0 Å². The Kier molecular flexibility index (Phi) is 8.61. The second-order valence-corrected chi connectivity index (χ2v) is 6.38. The predicted octanol–water partition coefficient (Wildman–Crippen LogP) is 3.15. The topological polar surface area (TPSA) is 88.1 Å². The van der Waals surface area contributed by atoms with Crippen molar-refractivity contribution in [2.45, 2.75) is 5.92 Å². The van der Waals surface area contributed by atoms with Gasteiger partial charge in [0.25, 0.3) is 0 Å². The maximum atomic E-state index is 12.7. The first-order chi connectivity index (χ1) is 15.0. The summed E-state index contributed by atoms with van der Waals surface area (Å²) in [6.07, 6.45) is 1.58. The van der Waals surface area contributed by atoms with Gasteiger partial charge in [-0.15, -0.1) is 5.73 Å². The number of carbonyl (C=O) groups is 3. The molecule has 162 valence electrons. The third kappa shape index (κ3) is 5.84. The molecule has 0 spiro atoms. The first kappa shape index (κ1) is 23.4. The molecule has 2 rings (SSSR count). The fraction of sp³-hybridized carbons (Fsp3) is 0.250. The standard InChI is InChI=1S/C24H24O7/c1-28-18-13-11-17(12-14-18)20(21(23(26)30-3)24(27)31-4)19(22(25)29-2)15-10-16-8-6-5-7-9-16/h5-14,20-21H,1-4H3. The molecule has 0 bridgehead atoms. The highest BCUT2D eigenvalue weighted by molar-refractivity contribution is 6.00. The van der Waals surface area contributed by atoms with Crippen molar-refractivity contribution >= 4 is 24.0 Å². The van der Waals surface area contributed by atoms with Crippen LogP contribution in [-0.4, -0.2) is 46.3 Å². The summed E-state index contributed by atoms with van der Waals surface area (Å²) in [5.41, 5.74) is 4.14. The van der Waals surface area contributed by atoms with E-state index < -0.39 is 29.7 Å². The molecule has 0 N–H and O–H groups in total. The highest BCUT2D eigenvalue weighted by Gasteiger charge is 2.42. The minimum absolute atomic E-state index is 0.0303. The Morgan fingerprint density at radius 3 is 1.87 bits per heavy atom. The largest absolute Gasteiger partial charge is 0.497 e. The van der Waals surface area contributed by atoms with Crippen LogP contribution in [0.3, 0.4) is 0 Å². The zero-order valence-corrected chi connectivity index (χ0v) is 17.8. The second-order valence-electron chi connectivity index (χ2n) is 6.38. The number of carbonyl (C=O) groups excluding carboxylic acids is 3. The van der Waals surface area contributed by atoms with E-state index in [1.54, 1.807) is 30.3 Å². The van der Waals surface area contributed by atoms with Crippen LogP contribution in [0.15, 0.2) is 65.9 Å². The Bertz CT molecular complexity index is 955. The van der Waals surface area contributed by atoms with E-state index >= 15 is 0 Å². The van der Waals surface area contributed by atoms with Crippen molar-refractivity contribution < 1.29 is 33.3 Å². The lowest BCUT2D eigenvalue weighted by molar-refractivity contribution is -0.159. The molecule has 0 heterocycles. The summed E-state index contributed by atoms with van der Waals surface area (Å²) in [5.74, 6) is -4.40. The van der Waals surface area contributed by atoms with Crippen molar-refractivity contribution in [3.8, 4) is 5.75 Å². The molecule has 0 aromatic heterocycles. The number of benzene rings is 2. The minimum Gasteiger partial charge on any atom is -0.497 e. The molecule has 0 aliphatic heterocycles. The van der Waals surface area contributed by atoms with Crippen LogP contribution < -0.4 is 4.74 Å². The zero-order chi connectivity index (χ0) is 22.8. The van der Waals surface area contributed by atoms with Crippen molar-refractivity contribution in [1.29, 1.82) is 0 Å². The van der Waals surface area contributed by atoms with E-state index in [-0.39, 0.29) is 5.57 Å². The van der Waals surface area contributed by atoms with Crippen LogP contribution in [0.1, 0.15) is 17.0 Å². The van der Waals surface area contributed by atoms with E-state index in [0.29, 0.717) is 11.3 Å². The fourth-order valence-corrected chi connectivity index (χ4v) is 3.06. The lowest BCUT2D eigenvalue weighted by Crippen LogP contribution is -2.34. The van der Waals surface area contributed by atoms with Crippen LogP contribution in [0.4, 0.5) is 0 Å². The summed E-state index contributed by atoms with van der Waals surface area (Å²) < 4.78 is 19.8. The molecule has 0 amide bonds. The molecular weight excluding hydrogens is 400 g/mol. The van der Waals surface area contributed by atoms with Crippen LogP contribution in [0, 0.1) is 5.92 Å². The van der Waals surface area contributed by atoms with Crippen LogP contribution in [0.2, 0.25) is 0 Å². The Hall–Kier alpha value is -3.83. The predicted molar refractivity (Wildman–Crippen MR) is 113 cm³/mol. The smallest absolute Gasteiger partial charge is 0.342 e. The van der Waals surface area contributed by atoms with Crippen molar-refractivity contribution in [1.82, 2.24) is 0 Å². The average molecular weight is 424 g/mol.